The summed E-state index contributed by atoms with van der Waals surface area (Å²) in [4.78, 5) is 36.2. The monoisotopic (exact) mass is 233 g/mol. The molecule has 0 spiro atoms. The van der Waals surface area contributed by atoms with E-state index in [9.17, 15) is 14.4 Å². The minimum Gasteiger partial charge on any atom is -0.292 e. The van der Waals surface area contributed by atoms with Gasteiger partial charge in [-0.1, -0.05) is 12.1 Å². The summed E-state index contributed by atoms with van der Waals surface area (Å²) in [6, 6.07) is 5.53. The summed E-state index contributed by atoms with van der Waals surface area (Å²) in [6.45, 7) is 1.45. The highest BCUT2D eigenvalue weighted by Crippen LogP contribution is 2.24. The van der Waals surface area contributed by atoms with Gasteiger partial charge >= 0.3 is 0 Å². The third-order valence-electron chi connectivity index (χ3n) is 2.73. The molecule has 6 nitrogen and oxygen atoms in total. The van der Waals surface area contributed by atoms with Crippen LogP contribution in [-0.4, -0.2) is 28.7 Å². The second-order valence-corrected chi connectivity index (χ2v) is 3.71. The molecule has 6 heteroatoms. The van der Waals surface area contributed by atoms with Crippen LogP contribution in [0.1, 0.15) is 27.6 Å². The number of carbonyl (C=O) groups is 3. The number of carbonyl (C=O) groups excluding carboxylic acids is 3. The summed E-state index contributed by atoms with van der Waals surface area (Å²) < 4.78 is 0. The van der Waals surface area contributed by atoms with Crippen LogP contribution in [0.25, 0.3) is 0 Å². The number of benzene rings is 1. The molecule has 1 atom stereocenters. The van der Waals surface area contributed by atoms with Crippen molar-refractivity contribution in [1.29, 1.82) is 0 Å². The summed E-state index contributed by atoms with van der Waals surface area (Å²) in [6.07, 6.45) is 0. The summed E-state index contributed by atoms with van der Waals surface area (Å²) in [7, 11) is 0. The maximum Gasteiger partial charge on any atom is 0.262 e. The number of fused-ring (bicyclic) bond motifs is 1. The number of nitrogens with two attached hydrogens (primary N) is 1. The average molecular weight is 233 g/mol. The number of amides is 3. The Kier molecular flexibility index (Phi) is 2.64. The van der Waals surface area contributed by atoms with Crippen molar-refractivity contribution in [3.63, 3.8) is 0 Å². The molecule has 0 aliphatic carbocycles. The van der Waals surface area contributed by atoms with Crippen LogP contribution in [0, 0.1) is 0 Å². The Morgan fingerprint density at radius 2 is 1.71 bits per heavy atom. The van der Waals surface area contributed by atoms with Gasteiger partial charge in [-0.05, 0) is 19.1 Å². The van der Waals surface area contributed by atoms with Crippen LogP contribution in [0.3, 0.4) is 0 Å². The zero-order valence-corrected chi connectivity index (χ0v) is 9.14. The van der Waals surface area contributed by atoms with Gasteiger partial charge in [-0.25, -0.2) is 5.84 Å². The van der Waals surface area contributed by atoms with E-state index in [0.717, 1.165) is 4.90 Å². The number of hydrogen-bond donors (Lipinski definition) is 2. The molecule has 0 saturated carbocycles. The molecule has 0 saturated heterocycles. The van der Waals surface area contributed by atoms with E-state index in [4.69, 9.17) is 5.84 Å². The summed E-state index contributed by atoms with van der Waals surface area (Å²) in [5.41, 5.74) is 2.55. The minimum atomic E-state index is -0.924. The molecule has 1 aromatic carbocycles. The maximum atomic E-state index is 12.0. The van der Waals surface area contributed by atoms with Crippen LogP contribution in [0.2, 0.25) is 0 Å². The van der Waals surface area contributed by atoms with E-state index in [2.05, 4.69) is 0 Å². The first-order valence-corrected chi connectivity index (χ1v) is 5.05. The van der Waals surface area contributed by atoms with E-state index in [1.807, 2.05) is 5.43 Å². The zero-order valence-electron chi connectivity index (χ0n) is 9.14. The van der Waals surface area contributed by atoms with Gasteiger partial charge in [0.1, 0.15) is 6.04 Å². The van der Waals surface area contributed by atoms with Crippen LogP contribution < -0.4 is 11.3 Å². The molecular weight excluding hydrogens is 222 g/mol. The predicted molar refractivity (Wildman–Crippen MR) is 58.7 cm³/mol. The van der Waals surface area contributed by atoms with Crippen molar-refractivity contribution in [2.24, 2.45) is 5.84 Å². The quantitative estimate of drug-likeness (QED) is 0.316. The Bertz CT molecular complexity index is 477. The molecule has 0 fully saturated rings. The Labute approximate surface area is 97.4 Å². The number of nitrogens with one attached hydrogen (secondary N) is 1. The van der Waals surface area contributed by atoms with E-state index >= 15 is 0 Å². The fraction of sp³-hybridized carbons (Fsp3) is 0.182. The van der Waals surface area contributed by atoms with Crippen molar-refractivity contribution >= 4 is 17.7 Å². The van der Waals surface area contributed by atoms with E-state index in [0.29, 0.717) is 11.1 Å². The lowest BCUT2D eigenvalue weighted by Crippen LogP contribution is -2.49. The van der Waals surface area contributed by atoms with Gasteiger partial charge in [-0.15, -0.1) is 0 Å². The number of nitrogens with zero attached hydrogens (tertiary/aromatic N) is 1. The molecular formula is C11H11N3O3. The lowest BCUT2D eigenvalue weighted by atomic mass is 10.1. The first kappa shape index (κ1) is 11.3. The molecule has 0 radical (unpaired) electrons. The van der Waals surface area contributed by atoms with Crippen LogP contribution in [0.4, 0.5) is 0 Å². The van der Waals surface area contributed by atoms with Crippen molar-refractivity contribution in [3.8, 4) is 0 Å². The SMILES string of the molecule is C[C@@H](C(=O)NN)N1C(=O)c2ccccc2C1=O. The average Bonchev–Trinajstić information content (AvgIpc) is 2.61. The molecule has 1 aliphatic heterocycles. The molecule has 1 heterocycles. The number of hydrogen-bond acceptors (Lipinski definition) is 4. The first-order chi connectivity index (χ1) is 8.07. The third kappa shape index (κ3) is 1.58. The van der Waals surface area contributed by atoms with Gasteiger partial charge < -0.3 is 0 Å². The van der Waals surface area contributed by atoms with Crippen LogP contribution in [0.15, 0.2) is 24.3 Å². The lowest BCUT2D eigenvalue weighted by Gasteiger charge is -2.20. The highest BCUT2D eigenvalue weighted by molar-refractivity contribution is 6.22. The fourth-order valence-electron chi connectivity index (χ4n) is 1.80. The Balaban J connectivity index is 2.40. The molecule has 2 rings (SSSR count). The lowest BCUT2D eigenvalue weighted by molar-refractivity contribution is -0.124. The highest BCUT2D eigenvalue weighted by Gasteiger charge is 2.40. The van der Waals surface area contributed by atoms with Crippen LogP contribution in [-0.2, 0) is 4.79 Å². The molecule has 0 unspecified atom stereocenters. The number of hydrazine groups is 1. The summed E-state index contributed by atoms with van der Waals surface area (Å²) >= 11 is 0. The topological polar surface area (TPSA) is 92.5 Å². The van der Waals surface area contributed by atoms with Gasteiger partial charge in [-0.3, -0.25) is 24.7 Å². The highest BCUT2D eigenvalue weighted by atomic mass is 16.2. The van der Waals surface area contributed by atoms with Crippen molar-refractivity contribution in [3.05, 3.63) is 35.4 Å². The molecule has 17 heavy (non-hydrogen) atoms. The Hall–Kier alpha value is -2.21. The molecule has 3 amide bonds. The molecule has 3 N–H and O–H groups in total. The molecule has 0 bridgehead atoms. The van der Waals surface area contributed by atoms with Crippen molar-refractivity contribution in [2.75, 3.05) is 0 Å². The normalized spacial score (nSPS) is 15.8. The van der Waals surface area contributed by atoms with Gasteiger partial charge in [0, 0.05) is 0 Å². The number of imide groups is 1. The van der Waals surface area contributed by atoms with Crippen LogP contribution in [0.5, 0.6) is 0 Å². The van der Waals surface area contributed by atoms with Crippen LogP contribution >= 0.6 is 0 Å². The second-order valence-electron chi connectivity index (χ2n) is 3.71. The Morgan fingerprint density at radius 1 is 1.24 bits per heavy atom. The fourth-order valence-corrected chi connectivity index (χ4v) is 1.80. The van der Waals surface area contributed by atoms with Gasteiger partial charge in [0.25, 0.3) is 17.7 Å². The van der Waals surface area contributed by atoms with Crippen molar-refractivity contribution in [1.82, 2.24) is 10.3 Å². The van der Waals surface area contributed by atoms with E-state index in [1.165, 1.54) is 6.92 Å². The predicted octanol–water partition coefficient (Wildman–Crippen LogP) is -0.339. The standard InChI is InChI=1S/C11H11N3O3/c1-6(9(15)13-12)14-10(16)7-4-2-3-5-8(7)11(14)17/h2-6H,12H2,1H3,(H,13,15)/t6-/m0/s1. The largest absolute Gasteiger partial charge is 0.292 e. The van der Waals surface area contributed by atoms with Gasteiger partial charge in [0.15, 0.2) is 0 Å². The Morgan fingerprint density at radius 3 is 2.12 bits per heavy atom. The van der Waals surface area contributed by atoms with Gasteiger partial charge in [-0.2, -0.15) is 0 Å². The second kappa shape index (κ2) is 3.99. The maximum absolute atomic E-state index is 12.0. The molecule has 88 valence electrons. The molecule has 1 aromatic rings. The minimum absolute atomic E-state index is 0.314. The van der Waals surface area contributed by atoms with Crippen molar-refractivity contribution < 1.29 is 14.4 Å². The van der Waals surface area contributed by atoms with Gasteiger partial charge in [0.05, 0.1) is 11.1 Å². The molecule has 1 aliphatic rings. The first-order valence-electron chi connectivity index (χ1n) is 5.05. The number of rotatable bonds is 2. The van der Waals surface area contributed by atoms with E-state index in [-0.39, 0.29) is 0 Å². The smallest absolute Gasteiger partial charge is 0.262 e. The third-order valence-corrected chi connectivity index (χ3v) is 2.73. The van der Waals surface area contributed by atoms with Crippen molar-refractivity contribution in [2.45, 2.75) is 13.0 Å². The molecule has 0 aromatic heterocycles. The zero-order chi connectivity index (χ0) is 12.6. The summed E-state index contributed by atoms with van der Waals surface area (Å²) in [5, 5.41) is 0. The summed E-state index contributed by atoms with van der Waals surface area (Å²) in [5.74, 6) is 3.46. The van der Waals surface area contributed by atoms with E-state index < -0.39 is 23.8 Å². The van der Waals surface area contributed by atoms with E-state index in [1.54, 1.807) is 24.3 Å². The van der Waals surface area contributed by atoms with Gasteiger partial charge in [0.2, 0.25) is 0 Å².